The number of nitrogens with zero attached hydrogens (tertiary/aromatic N) is 2. The molecule has 2 aromatic rings. The first-order valence-corrected chi connectivity index (χ1v) is 11.2. The molecule has 0 spiro atoms. The molecule has 0 aliphatic carbocycles. The fourth-order valence-electron chi connectivity index (χ4n) is 2.82. The second-order valence-electron chi connectivity index (χ2n) is 6.21. The molecule has 1 aliphatic rings. The number of anilines is 1. The largest absolute Gasteiger partial charge is 0.302 e. The minimum atomic E-state index is -3.23. The fourth-order valence-corrected chi connectivity index (χ4v) is 5.00. The highest BCUT2D eigenvalue weighted by Gasteiger charge is 2.28. The Balaban J connectivity index is 1.56. The molecular formula is C18H21N3O4S2. The molecule has 0 bridgehead atoms. The van der Waals surface area contributed by atoms with Crippen LogP contribution in [0.25, 0.3) is 0 Å². The third-order valence-electron chi connectivity index (χ3n) is 4.38. The number of thiazole rings is 1. The Kier molecular flexibility index (Phi) is 6.03. The molecule has 0 atom stereocenters. The summed E-state index contributed by atoms with van der Waals surface area (Å²) in [6, 6.07) is 8.86. The summed E-state index contributed by atoms with van der Waals surface area (Å²) < 4.78 is 25.5. The smallest absolute Gasteiger partial charge is 0.226 e. The first kappa shape index (κ1) is 19.7. The predicted octanol–water partition coefficient (Wildman–Crippen LogP) is 2.45. The minimum Gasteiger partial charge on any atom is -0.302 e. The number of hydrogen-bond donors (Lipinski definition) is 1. The third kappa shape index (κ3) is 4.79. The number of ketones is 1. The predicted molar refractivity (Wildman–Crippen MR) is 104 cm³/mol. The van der Waals surface area contributed by atoms with Gasteiger partial charge in [0.15, 0.2) is 10.9 Å². The zero-order valence-corrected chi connectivity index (χ0v) is 16.6. The topological polar surface area (TPSA) is 96.4 Å². The van der Waals surface area contributed by atoms with E-state index in [0.717, 1.165) is 10.6 Å². The van der Waals surface area contributed by atoms with Gasteiger partial charge in [-0.1, -0.05) is 30.3 Å². The summed E-state index contributed by atoms with van der Waals surface area (Å²) in [6.07, 6.45) is 0.741. The fraction of sp³-hybridized carbons (Fsp3) is 0.389. The summed E-state index contributed by atoms with van der Waals surface area (Å²) >= 11 is 1.29. The van der Waals surface area contributed by atoms with Crippen molar-refractivity contribution in [1.82, 2.24) is 9.29 Å². The third-order valence-corrected chi connectivity index (χ3v) is 7.20. The van der Waals surface area contributed by atoms with Crippen molar-refractivity contribution in [2.45, 2.75) is 32.7 Å². The van der Waals surface area contributed by atoms with Gasteiger partial charge >= 0.3 is 0 Å². The Bertz CT molecular complexity index is 939. The number of carbonyl (C=O) groups excluding carboxylic acids is 2. The van der Waals surface area contributed by atoms with Crippen molar-refractivity contribution in [3.63, 3.8) is 0 Å². The van der Waals surface area contributed by atoms with Crippen molar-refractivity contribution >= 4 is 38.2 Å². The van der Waals surface area contributed by atoms with Crippen molar-refractivity contribution in [2.24, 2.45) is 0 Å². The van der Waals surface area contributed by atoms with Gasteiger partial charge in [0, 0.05) is 42.8 Å². The number of Topliss-reactive ketones (excluding diaryl/α,β-unsaturated/α-hetero) is 1. The Labute approximate surface area is 162 Å². The molecule has 0 fully saturated rings. The van der Waals surface area contributed by atoms with E-state index in [1.165, 1.54) is 15.6 Å². The van der Waals surface area contributed by atoms with Crippen LogP contribution in [-0.4, -0.2) is 41.7 Å². The van der Waals surface area contributed by atoms with Crippen molar-refractivity contribution in [3.8, 4) is 0 Å². The molecule has 1 aromatic heterocycles. The lowest BCUT2D eigenvalue weighted by atomic mass is 10.1. The SMILES string of the molecule is CCS(=O)(=O)N1CCc2nc(NC(=O)CCC(=O)c3ccccc3)sc2C1. The van der Waals surface area contributed by atoms with Gasteiger partial charge in [0.05, 0.1) is 11.4 Å². The molecule has 0 unspecified atom stereocenters. The van der Waals surface area contributed by atoms with Crippen LogP contribution in [0.1, 0.15) is 40.7 Å². The van der Waals surface area contributed by atoms with E-state index in [2.05, 4.69) is 10.3 Å². The highest BCUT2D eigenvalue weighted by Crippen LogP contribution is 2.29. The molecule has 3 rings (SSSR count). The number of fused-ring (bicyclic) bond motifs is 1. The van der Waals surface area contributed by atoms with E-state index >= 15 is 0 Å². The van der Waals surface area contributed by atoms with Gasteiger partial charge in [0.1, 0.15) is 0 Å². The molecular weight excluding hydrogens is 386 g/mol. The first-order chi connectivity index (χ1) is 12.9. The molecule has 144 valence electrons. The number of hydrogen-bond acceptors (Lipinski definition) is 6. The van der Waals surface area contributed by atoms with Crippen molar-refractivity contribution < 1.29 is 18.0 Å². The number of nitrogens with one attached hydrogen (secondary N) is 1. The second kappa shape index (κ2) is 8.28. The quantitative estimate of drug-likeness (QED) is 0.711. The molecule has 1 amide bonds. The maximum atomic E-state index is 12.1. The number of amides is 1. The van der Waals surface area contributed by atoms with Crippen molar-refractivity contribution in [2.75, 3.05) is 17.6 Å². The molecule has 1 aliphatic heterocycles. The van der Waals surface area contributed by atoms with E-state index in [9.17, 15) is 18.0 Å². The second-order valence-corrected chi connectivity index (χ2v) is 9.55. The molecule has 2 heterocycles. The zero-order valence-electron chi connectivity index (χ0n) is 15.0. The molecule has 0 saturated heterocycles. The van der Waals surface area contributed by atoms with Crippen LogP contribution >= 0.6 is 11.3 Å². The van der Waals surface area contributed by atoms with Crippen molar-refractivity contribution in [3.05, 3.63) is 46.5 Å². The number of rotatable bonds is 7. The van der Waals surface area contributed by atoms with Gasteiger partial charge in [-0.25, -0.2) is 13.4 Å². The van der Waals surface area contributed by atoms with Gasteiger partial charge in [-0.05, 0) is 6.92 Å². The average Bonchev–Trinajstić information content (AvgIpc) is 3.08. The average molecular weight is 408 g/mol. The summed E-state index contributed by atoms with van der Waals surface area (Å²) in [5.74, 6) is -0.284. The van der Waals surface area contributed by atoms with Gasteiger partial charge in [-0.15, -0.1) is 11.3 Å². The van der Waals surface area contributed by atoms with E-state index in [1.54, 1.807) is 31.2 Å². The number of sulfonamides is 1. The van der Waals surface area contributed by atoms with Crippen LogP contribution in [0.5, 0.6) is 0 Å². The van der Waals surface area contributed by atoms with Crippen LogP contribution in [0, 0.1) is 0 Å². The zero-order chi connectivity index (χ0) is 19.4. The molecule has 1 aromatic carbocycles. The summed E-state index contributed by atoms with van der Waals surface area (Å²) in [5, 5.41) is 3.17. The lowest BCUT2D eigenvalue weighted by molar-refractivity contribution is -0.116. The summed E-state index contributed by atoms with van der Waals surface area (Å²) in [6.45, 7) is 2.33. The molecule has 7 nitrogen and oxygen atoms in total. The normalized spacial score (nSPS) is 14.6. The lowest BCUT2D eigenvalue weighted by Gasteiger charge is -2.24. The maximum Gasteiger partial charge on any atom is 0.226 e. The number of benzene rings is 1. The minimum absolute atomic E-state index is 0.0696. The van der Waals surface area contributed by atoms with E-state index in [1.807, 2.05) is 6.07 Å². The van der Waals surface area contributed by atoms with Gasteiger partial charge in [0.25, 0.3) is 0 Å². The summed E-state index contributed by atoms with van der Waals surface area (Å²) in [7, 11) is -3.23. The Morgan fingerprint density at radius 2 is 1.96 bits per heavy atom. The Hall–Kier alpha value is -2.10. The molecule has 9 heteroatoms. The monoisotopic (exact) mass is 407 g/mol. The van der Waals surface area contributed by atoms with Gasteiger partial charge in [-0.3, -0.25) is 9.59 Å². The summed E-state index contributed by atoms with van der Waals surface area (Å²) in [4.78, 5) is 29.4. The summed E-state index contributed by atoms with van der Waals surface area (Å²) in [5.41, 5.74) is 1.42. The highest BCUT2D eigenvalue weighted by molar-refractivity contribution is 7.89. The molecule has 0 radical (unpaired) electrons. The van der Waals surface area contributed by atoms with E-state index in [0.29, 0.717) is 30.2 Å². The maximum absolute atomic E-state index is 12.1. The molecule has 1 N–H and O–H groups in total. The molecule has 27 heavy (non-hydrogen) atoms. The number of aromatic nitrogens is 1. The Morgan fingerprint density at radius 1 is 1.22 bits per heavy atom. The molecule has 0 saturated carbocycles. The van der Waals surface area contributed by atoms with Gasteiger partial charge < -0.3 is 5.32 Å². The van der Waals surface area contributed by atoms with Crippen LogP contribution in [0.4, 0.5) is 5.13 Å². The van der Waals surface area contributed by atoms with Gasteiger partial charge in [-0.2, -0.15) is 4.31 Å². The number of carbonyl (C=O) groups is 2. The van der Waals surface area contributed by atoms with Crippen LogP contribution in [0.15, 0.2) is 30.3 Å². The lowest BCUT2D eigenvalue weighted by Crippen LogP contribution is -2.36. The van der Waals surface area contributed by atoms with E-state index in [4.69, 9.17) is 0 Å². The van der Waals surface area contributed by atoms with Crippen LogP contribution in [0.2, 0.25) is 0 Å². The van der Waals surface area contributed by atoms with Crippen LogP contribution in [0.3, 0.4) is 0 Å². The van der Waals surface area contributed by atoms with Crippen LogP contribution < -0.4 is 5.32 Å². The highest BCUT2D eigenvalue weighted by atomic mass is 32.2. The van der Waals surface area contributed by atoms with E-state index < -0.39 is 10.0 Å². The van der Waals surface area contributed by atoms with Gasteiger partial charge in [0.2, 0.25) is 15.9 Å². The first-order valence-electron chi connectivity index (χ1n) is 8.73. The van der Waals surface area contributed by atoms with E-state index in [-0.39, 0.29) is 30.3 Å². The van der Waals surface area contributed by atoms with Crippen molar-refractivity contribution in [1.29, 1.82) is 0 Å². The standard InChI is InChI=1S/C18H21N3O4S2/c1-2-27(24,25)21-11-10-14-16(12-21)26-18(19-14)20-17(23)9-8-15(22)13-6-4-3-5-7-13/h3-7H,2,8-12H2,1H3,(H,19,20,23). The van der Waals surface area contributed by atoms with Crippen LogP contribution in [-0.2, 0) is 27.8 Å². The Morgan fingerprint density at radius 3 is 2.67 bits per heavy atom.